The van der Waals surface area contributed by atoms with E-state index in [4.69, 9.17) is 14.7 Å². The maximum Gasteiger partial charge on any atom is 0.337 e. The summed E-state index contributed by atoms with van der Waals surface area (Å²) in [7, 11) is 1.26. The Labute approximate surface area is 117 Å². The van der Waals surface area contributed by atoms with Gasteiger partial charge in [0, 0.05) is 11.6 Å². The van der Waals surface area contributed by atoms with Gasteiger partial charge in [0.05, 0.1) is 25.4 Å². The second-order valence-electron chi connectivity index (χ2n) is 3.81. The van der Waals surface area contributed by atoms with E-state index in [1.54, 1.807) is 13.0 Å². The molecule has 20 heavy (non-hydrogen) atoms. The molecule has 0 amide bonds. The lowest BCUT2D eigenvalue weighted by Crippen LogP contribution is -2.09. The Hall–Kier alpha value is -2.39. The Bertz CT molecular complexity index is 455. The van der Waals surface area contributed by atoms with E-state index < -0.39 is 5.97 Å². The molecule has 6 heteroatoms. The molecule has 1 aliphatic rings. The molecule has 1 fully saturated rings. The molecule has 1 heterocycles. The lowest BCUT2D eigenvalue weighted by Gasteiger charge is -1.99. The lowest BCUT2D eigenvalue weighted by molar-refractivity contribution is -0.139. The van der Waals surface area contributed by atoms with Gasteiger partial charge in [-0.05, 0) is 13.0 Å². The molecule has 0 spiro atoms. The van der Waals surface area contributed by atoms with E-state index >= 15 is 0 Å². The first-order valence-corrected chi connectivity index (χ1v) is 5.70. The number of hydrogen-bond acceptors (Lipinski definition) is 6. The van der Waals surface area contributed by atoms with Gasteiger partial charge in [0.15, 0.2) is 0 Å². The van der Waals surface area contributed by atoms with Crippen LogP contribution in [-0.4, -0.2) is 38.4 Å². The molecule has 0 aromatic carbocycles. The topological polar surface area (TPSA) is 88.9 Å². The molecule has 0 aromatic heterocycles. The SMILES string of the molecule is C=C(C)C(=O)OCC1CO1.C=C(C=CC#N)C(=O)OC. The molecule has 1 saturated heterocycles. The largest absolute Gasteiger partial charge is 0.465 e. The van der Waals surface area contributed by atoms with Crippen molar-refractivity contribution in [2.24, 2.45) is 0 Å². The Kier molecular flexibility index (Phi) is 8.39. The second-order valence-corrected chi connectivity index (χ2v) is 3.81. The van der Waals surface area contributed by atoms with Crippen molar-refractivity contribution in [1.29, 1.82) is 5.26 Å². The van der Waals surface area contributed by atoms with Gasteiger partial charge >= 0.3 is 11.9 Å². The number of esters is 2. The molecule has 0 aliphatic carbocycles. The average molecular weight is 279 g/mol. The summed E-state index contributed by atoms with van der Waals surface area (Å²) in [6.07, 6.45) is 2.61. The van der Waals surface area contributed by atoms with Crippen molar-refractivity contribution < 1.29 is 23.8 Å². The van der Waals surface area contributed by atoms with Crippen molar-refractivity contribution >= 4 is 11.9 Å². The monoisotopic (exact) mass is 279 g/mol. The highest BCUT2D eigenvalue weighted by Crippen LogP contribution is 2.09. The number of rotatable bonds is 5. The van der Waals surface area contributed by atoms with E-state index in [0.717, 1.165) is 0 Å². The Balaban J connectivity index is 0.000000361. The van der Waals surface area contributed by atoms with Crippen molar-refractivity contribution in [1.82, 2.24) is 0 Å². The summed E-state index contributed by atoms with van der Waals surface area (Å²) >= 11 is 0. The van der Waals surface area contributed by atoms with Gasteiger partial charge in [-0.1, -0.05) is 13.2 Å². The van der Waals surface area contributed by atoms with E-state index in [9.17, 15) is 9.59 Å². The van der Waals surface area contributed by atoms with Crippen LogP contribution in [0.1, 0.15) is 6.92 Å². The smallest absolute Gasteiger partial charge is 0.337 e. The van der Waals surface area contributed by atoms with E-state index in [1.807, 2.05) is 0 Å². The van der Waals surface area contributed by atoms with Crippen LogP contribution in [0.4, 0.5) is 0 Å². The van der Waals surface area contributed by atoms with E-state index in [0.29, 0.717) is 18.8 Å². The summed E-state index contributed by atoms with van der Waals surface area (Å²) in [5, 5.41) is 8.04. The minimum atomic E-state index is -0.522. The Morgan fingerprint density at radius 2 is 2.05 bits per heavy atom. The number of nitrogens with zero attached hydrogens (tertiary/aromatic N) is 1. The number of methoxy groups -OCH3 is 1. The van der Waals surface area contributed by atoms with Crippen LogP contribution in [0.2, 0.25) is 0 Å². The first-order valence-electron chi connectivity index (χ1n) is 5.70. The van der Waals surface area contributed by atoms with Crippen molar-refractivity contribution in [3.63, 3.8) is 0 Å². The number of nitriles is 1. The van der Waals surface area contributed by atoms with Crippen LogP contribution in [0, 0.1) is 11.3 Å². The van der Waals surface area contributed by atoms with E-state index in [-0.39, 0.29) is 17.6 Å². The highest BCUT2D eigenvalue weighted by molar-refractivity contribution is 5.90. The highest BCUT2D eigenvalue weighted by Gasteiger charge is 2.24. The molecule has 1 rings (SSSR count). The number of hydrogen-bond donors (Lipinski definition) is 0. The van der Waals surface area contributed by atoms with Crippen molar-refractivity contribution in [3.05, 3.63) is 36.5 Å². The van der Waals surface area contributed by atoms with Gasteiger partial charge in [-0.25, -0.2) is 9.59 Å². The molecule has 6 nitrogen and oxygen atoms in total. The number of carbonyl (C=O) groups excluding carboxylic acids is 2. The first kappa shape index (κ1) is 17.6. The zero-order chi connectivity index (χ0) is 15.5. The third-order valence-electron chi connectivity index (χ3n) is 1.96. The molecule has 0 radical (unpaired) electrons. The van der Waals surface area contributed by atoms with Gasteiger partial charge in [-0.3, -0.25) is 0 Å². The Morgan fingerprint density at radius 3 is 2.45 bits per heavy atom. The van der Waals surface area contributed by atoms with E-state index in [2.05, 4.69) is 17.9 Å². The molecule has 108 valence electrons. The van der Waals surface area contributed by atoms with Crippen molar-refractivity contribution in [3.8, 4) is 6.07 Å². The minimum Gasteiger partial charge on any atom is -0.465 e. The molecule has 1 aliphatic heterocycles. The number of epoxide rings is 1. The molecule has 0 bridgehead atoms. The third kappa shape index (κ3) is 8.66. The highest BCUT2D eigenvalue weighted by atomic mass is 16.6. The number of carbonyl (C=O) groups is 2. The van der Waals surface area contributed by atoms with Gasteiger partial charge in [-0.15, -0.1) is 0 Å². The lowest BCUT2D eigenvalue weighted by atomic mass is 10.3. The van der Waals surface area contributed by atoms with E-state index in [1.165, 1.54) is 19.3 Å². The molecule has 0 N–H and O–H groups in total. The predicted octanol–water partition coefficient (Wildman–Crippen LogP) is 1.30. The fourth-order valence-corrected chi connectivity index (χ4v) is 0.793. The zero-order valence-electron chi connectivity index (χ0n) is 11.5. The average Bonchev–Trinajstić information content (AvgIpc) is 3.25. The zero-order valence-corrected chi connectivity index (χ0v) is 11.5. The molecular formula is C14H17NO5. The molecule has 0 saturated carbocycles. The van der Waals surface area contributed by atoms with Crippen LogP contribution < -0.4 is 0 Å². The fourth-order valence-electron chi connectivity index (χ4n) is 0.793. The minimum absolute atomic E-state index is 0.142. The van der Waals surface area contributed by atoms with Gasteiger partial charge in [0.1, 0.15) is 12.7 Å². The van der Waals surface area contributed by atoms with Gasteiger partial charge in [0.25, 0.3) is 0 Å². The summed E-state index contributed by atoms with van der Waals surface area (Å²) in [6.45, 7) is 9.49. The standard InChI is InChI=1S/C7H7NO2.C7H10O3/c1-6(4-3-5-8)7(9)10-2;1-5(2)7(8)10-4-6-3-9-6/h3-4H,1H2,2H3;6H,1,3-4H2,2H3. The summed E-state index contributed by atoms with van der Waals surface area (Å²) in [5.74, 6) is -0.859. The Morgan fingerprint density at radius 1 is 1.45 bits per heavy atom. The van der Waals surface area contributed by atoms with Crippen LogP contribution in [0.25, 0.3) is 0 Å². The summed E-state index contributed by atoms with van der Waals surface area (Å²) in [4.78, 5) is 21.2. The maximum absolute atomic E-state index is 10.7. The van der Waals surface area contributed by atoms with Crippen LogP contribution in [0.15, 0.2) is 36.5 Å². The van der Waals surface area contributed by atoms with Gasteiger partial charge in [0.2, 0.25) is 0 Å². The van der Waals surface area contributed by atoms with Crippen LogP contribution >= 0.6 is 0 Å². The van der Waals surface area contributed by atoms with Crippen LogP contribution in [-0.2, 0) is 23.8 Å². The predicted molar refractivity (Wildman–Crippen MR) is 71.4 cm³/mol. The van der Waals surface area contributed by atoms with Crippen molar-refractivity contribution in [2.75, 3.05) is 20.3 Å². The summed E-state index contributed by atoms with van der Waals surface area (Å²) < 4.78 is 13.9. The summed E-state index contributed by atoms with van der Waals surface area (Å²) in [5.41, 5.74) is 0.602. The quantitative estimate of drug-likeness (QED) is 0.248. The molecule has 1 unspecified atom stereocenters. The molecule has 0 aromatic rings. The molecule has 1 atom stereocenters. The second kappa shape index (κ2) is 9.53. The number of ether oxygens (including phenoxy) is 3. The maximum atomic E-state index is 10.7. The van der Waals surface area contributed by atoms with Crippen molar-refractivity contribution in [2.45, 2.75) is 13.0 Å². The van der Waals surface area contributed by atoms with Gasteiger partial charge < -0.3 is 14.2 Å². The van der Waals surface area contributed by atoms with Gasteiger partial charge in [-0.2, -0.15) is 5.26 Å². The summed E-state index contributed by atoms with van der Waals surface area (Å²) in [6, 6.07) is 1.73. The van der Waals surface area contributed by atoms with Crippen LogP contribution in [0.3, 0.4) is 0 Å². The fraction of sp³-hybridized carbons (Fsp3) is 0.357. The number of allylic oxidation sites excluding steroid dienone is 1. The van der Waals surface area contributed by atoms with Crippen LogP contribution in [0.5, 0.6) is 0 Å². The third-order valence-corrected chi connectivity index (χ3v) is 1.96. The first-order chi connectivity index (χ1) is 9.42. The normalized spacial score (nSPS) is 15.3. The molecular weight excluding hydrogens is 262 g/mol.